The number of carboxylic acid groups (broad SMARTS) is 1. The predicted molar refractivity (Wildman–Crippen MR) is 68.2 cm³/mol. The second kappa shape index (κ2) is 5.54. The van der Waals surface area contributed by atoms with E-state index in [4.69, 9.17) is 21.4 Å². The maximum atomic E-state index is 10.9. The molecule has 2 unspecified atom stereocenters. The Hall–Kier alpha value is -1.33. The average Bonchev–Trinajstić information content (AvgIpc) is 2.73. The van der Waals surface area contributed by atoms with Crippen molar-refractivity contribution in [3.05, 3.63) is 22.8 Å². The van der Waals surface area contributed by atoms with Gasteiger partial charge in [0.1, 0.15) is 5.82 Å². The second-order valence-corrected chi connectivity index (χ2v) is 4.71. The Morgan fingerprint density at radius 2 is 2.50 bits per heavy atom. The summed E-state index contributed by atoms with van der Waals surface area (Å²) in [6, 6.07) is 1.39. The fourth-order valence-electron chi connectivity index (χ4n) is 2.00. The summed E-state index contributed by atoms with van der Waals surface area (Å²) in [7, 11) is 0. The van der Waals surface area contributed by atoms with Crippen molar-refractivity contribution >= 4 is 23.4 Å². The molecule has 0 saturated carbocycles. The summed E-state index contributed by atoms with van der Waals surface area (Å²) in [5, 5.41) is 12.2. The van der Waals surface area contributed by atoms with Crippen molar-refractivity contribution in [2.45, 2.75) is 19.4 Å². The first kappa shape index (κ1) is 13.1. The highest BCUT2D eigenvalue weighted by atomic mass is 35.5. The Morgan fingerprint density at radius 1 is 1.72 bits per heavy atom. The van der Waals surface area contributed by atoms with Gasteiger partial charge in [-0.1, -0.05) is 11.6 Å². The highest BCUT2D eigenvalue weighted by Gasteiger charge is 2.24. The lowest BCUT2D eigenvalue weighted by Crippen LogP contribution is -2.21. The lowest BCUT2D eigenvalue weighted by Gasteiger charge is -2.16. The van der Waals surface area contributed by atoms with Gasteiger partial charge < -0.3 is 15.2 Å². The zero-order valence-corrected chi connectivity index (χ0v) is 10.8. The minimum absolute atomic E-state index is 0.0601. The summed E-state index contributed by atoms with van der Waals surface area (Å²) in [6.45, 7) is 3.48. The van der Waals surface area contributed by atoms with E-state index in [0.717, 1.165) is 13.0 Å². The molecule has 1 fully saturated rings. The van der Waals surface area contributed by atoms with E-state index in [2.05, 4.69) is 10.3 Å². The molecule has 1 saturated heterocycles. The van der Waals surface area contributed by atoms with Gasteiger partial charge in [0, 0.05) is 25.3 Å². The lowest BCUT2D eigenvalue weighted by atomic mass is 10.0. The molecule has 1 aromatic heterocycles. The molecule has 18 heavy (non-hydrogen) atoms. The van der Waals surface area contributed by atoms with Gasteiger partial charge in [-0.25, -0.2) is 9.78 Å². The molecule has 1 aliphatic rings. The fourth-order valence-corrected chi connectivity index (χ4v) is 2.26. The number of aromatic carboxylic acids is 1. The molecule has 6 heteroatoms. The number of hydrogen-bond acceptors (Lipinski definition) is 4. The largest absolute Gasteiger partial charge is 0.478 e. The Morgan fingerprint density at radius 3 is 3.11 bits per heavy atom. The molecule has 2 N–H and O–H groups in total. The molecule has 2 atom stereocenters. The number of nitrogens with one attached hydrogen (secondary N) is 1. The Kier molecular flexibility index (Phi) is 4.04. The second-order valence-electron chi connectivity index (χ2n) is 4.33. The number of nitrogens with zero attached hydrogens (tertiary/aromatic N) is 1. The molecule has 98 valence electrons. The van der Waals surface area contributed by atoms with E-state index in [1.807, 2.05) is 6.92 Å². The molecule has 1 aliphatic heterocycles. The van der Waals surface area contributed by atoms with E-state index in [0.29, 0.717) is 18.3 Å². The zero-order valence-electron chi connectivity index (χ0n) is 10.0. The molecular weight excluding hydrogens is 256 g/mol. The molecule has 0 amide bonds. The van der Waals surface area contributed by atoms with Gasteiger partial charge >= 0.3 is 5.97 Å². The summed E-state index contributed by atoms with van der Waals surface area (Å²) in [5.41, 5.74) is 0.0601. The first-order chi connectivity index (χ1) is 8.59. The lowest BCUT2D eigenvalue weighted by molar-refractivity contribution is 0.0697. The molecule has 0 aromatic carbocycles. The van der Waals surface area contributed by atoms with Crippen LogP contribution in [0.5, 0.6) is 0 Å². The van der Waals surface area contributed by atoms with Gasteiger partial charge in [-0.2, -0.15) is 0 Å². The fraction of sp³-hybridized carbons (Fsp3) is 0.500. The summed E-state index contributed by atoms with van der Waals surface area (Å²) < 4.78 is 5.46. The molecule has 2 rings (SSSR count). The Balaban J connectivity index is 2.05. The molecular formula is C12H15ClN2O3. The summed E-state index contributed by atoms with van der Waals surface area (Å²) in [5.74, 6) is -0.241. The first-order valence-corrected chi connectivity index (χ1v) is 6.20. The monoisotopic (exact) mass is 270 g/mol. The van der Waals surface area contributed by atoms with E-state index in [1.165, 1.54) is 12.3 Å². The van der Waals surface area contributed by atoms with E-state index in [1.54, 1.807) is 0 Å². The van der Waals surface area contributed by atoms with Crippen molar-refractivity contribution in [1.29, 1.82) is 0 Å². The number of aromatic nitrogens is 1. The van der Waals surface area contributed by atoms with Gasteiger partial charge in [-0.15, -0.1) is 0 Å². The van der Waals surface area contributed by atoms with Crippen LogP contribution in [-0.4, -0.2) is 35.3 Å². The number of halogens is 1. The predicted octanol–water partition coefficient (Wildman–Crippen LogP) is 2.27. The normalized spacial score (nSPS) is 23.0. The van der Waals surface area contributed by atoms with Gasteiger partial charge in [0.05, 0.1) is 16.7 Å². The van der Waals surface area contributed by atoms with Crippen LogP contribution < -0.4 is 5.32 Å². The number of hydrogen-bond donors (Lipinski definition) is 2. The smallest absolute Gasteiger partial charge is 0.337 e. The van der Waals surface area contributed by atoms with Crippen molar-refractivity contribution in [1.82, 2.24) is 4.98 Å². The molecule has 5 nitrogen and oxygen atoms in total. The van der Waals surface area contributed by atoms with Gasteiger partial charge in [0.25, 0.3) is 0 Å². The third kappa shape index (κ3) is 2.73. The molecule has 0 radical (unpaired) electrons. The molecule has 2 heterocycles. The van der Waals surface area contributed by atoms with E-state index in [9.17, 15) is 4.79 Å². The summed E-state index contributed by atoms with van der Waals surface area (Å²) in [6.07, 6.45) is 2.63. The third-order valence-electron chi connectivity index (χ3n) is 3.18. The Bertz CT molecular complexity index is 453. The van der Waals surface area contributed by atoms with Gasteiger partial charge in [0.2, 0.25) is 0 Å². The minimum atomic E-state index is -1.05. The number of carbonyl (C=O) groups is 1. The van der Waals surface area contributed by atoms with Crippen molar-refractivity contribution in [3.63, 3.8) is 0 Å². The number of pyridine rings is 1. The van der Waals surface area contributed by atoms with Crippen LogP contribution in [0, 0.1) is 5.92 Å². The standard InChI is InChI=1S/C12H15ClN2O3/c1-7-8(3-5-18-7)6-15-11-10(13)9(12(16)17)2-4-14-11/h2,4,7-8H,3,5-6H2,1H3,(H,14,15)(H,16,17). The summed E-state index contributed by atoms with van der Waals surface area (Å²) in [4.78, 5) is 15.0. The van der Waals surface area contributed by atoms with Crippen molar-refractivity contribution < 1.29 is 14.6 Å². The van der Waals surface area contributed by atoms with Gasteiger partial charge in [-0.05, 0) is 19.4 Å². The van der Waals surface area contributed by atoms with Gasteiger partial charge in [0.15, 0.2) is 0 Å². The van der Waals surface area contributed by atoms with Crippen LogP contribution in [0.15, 0.2) is 12.3 Å². The maximum Gasteiger partial charge on any atom is 0.337 e. The van der Waals surface area contributed by atoms with E-state index in [-0.39, 0.29) is 16.7 Å². The van der Waals surface area contributed by atoms with Crippen LogP contribution in [0.4, 0.5) is 5.82 Å². The molecule has 1 aromatic rings. The first-order valence-electron chi connectivity index (χ1n) is 5.83. The highest BCUT2D eigenvalue weighted by molar-refractivity contribution is 6.35. The number of ether oxygens (including phenoxy) is 1. The van der Waals surface area contributed by atoms with E-state index < -0.39 is 5.97 Å². The Labute approximate surface area is 110 Å². The van der Waals surface area contributed by atoms with Crippen LogP contribution in [0.2, 0.25) is 5.02 Å². The quantitative estimate of drug-likeness (QED) is 0.878. The number of carboxylic acids is 1. The van der Waals surface area contributed by atoms with Crippen LogP contribution >= 0.6 is 11.6 Å². The number of rotatable bonds is 4. The van der Waals surface area contributed by atoms with Crippen molar-refractivity contribution in [2.75, 3.05) is 18.5 Å². The van der Waals surface area contributed by atoms with E-state index >= 15 is 0 Å². The summed E-state index contributed by atoms with van der Waals surface area (Å²) >= 11 is 5.99. The molecule has 0 aliphatic carbocycles. The van der Waals surface area contributed by atoms with Crippen LogP contribution in [-0.2, 0) is 4.74 Å². The van der Waals surface area contributed by atoms with Crippen molar-refractivity contribution in [2.24, 2.45) is 5.92 Å². The molecule has 0 bridgehead atoms. The highest BCUT2D eigenvalue weighted by Crippen LogP contribution is 2.25. The van der Waals surface area contributed by atoms with Crippen molar-refractivity contribution in [3.8, 4) is 0 Å². The zero-order chi connectivity index (χ0) is 13.1. The maximum absolute atomic E-state index is 10.9. The van der Waals surface area contributed by atoms with Gasteiger partial charge in [-0.3, -0.25) is 0 Å². The average molecular weight is 271 g/mol. The van der Waals surface area contributed by atoms with Crippen LogP contribution in [0.3, 0.4) is 0 Å². The third-order valence-corrected chi connectivity index (χ3v) is 3.57. The SMILES string of the molecule is CC1OCCC1CNc1nccc(C(=O)O)c1Cl. The number of anilines is 1. The minimum Gasteiger partial charge on any atom is -0.478 e. The van der Waals surface area contributed by atoms with Crippen LogP contribution in [0.25, 0.3) is 0 Å². The van der Waals surface area contributed by atoms with Crippen LogP contribution in [0.1, 0.15) is 23.7 Å². The molecule has 0 spiro atoms. The topological polar surface area (TPSA) is 71.5 Å².